The smallest absolute Gasteiger partial charge is 0.146 e. The van der Waals surface area contributed by atoms with Gasteiger partial charge >= 0.3 is 0 Å². The lowest BCUT2D eigenvalue weighted by Gasteiger charge is -2.47. The molecule has 0 aliphatic heterocycles. The van der Waals surface area contributed by atoms with E-state index in [9.17, 15) is 0 Å². The lowest BCUT2D eigenvalue weighted by atomic mass is 9.79. The van der Waals surface area contributed by atoms with Crippen LogP contribution in [-0.4, -0.2) is 24.5 Å². The van der Waals surface area contributed by atoms with Crippen molar-refractivity contribution in [2.75, 3.05) is 0 Å². The lowest BCUT2D eigenvalue weighted by Crippen LogP contribution is -2.54. The highest BCUT2D eigenvalue weighted by molar-refractivity contribution is 6.59. The molecule has 3 heteroatoms. The van der Waals surface area contributed by atoms with Crippen LogP contribution >= 0.6 is 0 Å². The molecule has 86 valence electrons. The number of allylic oxidation sites excluding steroid dienone is 3. The minimum atomic E-state index is -0.844. The highest BCUT2D eigenvalue weighted by Crippen LogP contribution is 2.43. The molecule has 15 heavy (non-hydrogen) atoms. The monoisotopic (exact) mass is 240 g/mol. The largest absolute Gasteiger partial charge is 0.425 e. The van der Waals surface area contributed by atoms with E-state index in [1.165, 1.54) is 5.57 Å². The molecule has 0 saturated heterocycles. The zero-order chi connectivity index (χ0) is 11.7. The van der Waals surface area contributed by atoms with Gasteiger partial charge in [0, 0.05) is 10.6 Å². The van der Waals surface area contributed by atoms with Gasteiger partial charge in [-0.15, -0.1) is 0 Å². The highest BCUT2D eigenvalue weighted by Gasteiger charge is 2.45. The van der Waals surface area contributed by atoms with Gasteiger partial charge in [-0.3, -0.25) is 0 Å². The molecule has 0 bridgehead atoms. The van der Waals surface area contributed by atoms with Crippen molar-refractivity contribution in [2.24, 2.45) is 5.41 Å². The summed E-state index contributed by atoms with van der Waals surface area (Å²) in [4.78, 5) is 0. The third-order valence-electron chi connectivity index (χ3n) is 4.26. The Morgan fingerprint density at radius 2 is 1.93 bits per heavy atom. The van der Waals surface area contributed by atoms with E-state index in [0.717, 1.165) is 16.9 Å². The highest BCUT2D eigenvalue weighted by atomic mass is 28.3. The molecule has 0 amide bonds. The maximum atomic E-state index is 6.00. The van der Waals surface area contributed by atoms with Gasteiger partial charge in [-0.2, -0.15) is 0 Å². The van der Waals surface area contributed by atoms with Gasteiger partial charge in [0.25, 0.3) is 0 Å². The van der Waals surface area contributed by atoms with Crippen molar-refractivity contribution in [3.05, 3.63) is 23.8 Å². The van der Waals surface area contributed by atoms with Crippen LogP contribution in [0.2, 0.25) is 13.1 Å². The maximum Gasteiger partial charge on any atom is 0.146 e. The minimum Gasteiger partial charge on any atom is -0.425 e. The predicted molar refractivity (Wildman–Crippen MR) is 73.9 cm³/mol. The quantitative estimate of drug-likeness (QED) is 0.683. The molecule has 0 spiro atoms. The van der Waals surface area contributed by atoms with Gasteiger partial charge in [-0.1, -0.05) is 45.2 Å². The van der Waals surface area contributed by atoms with Crippen LogP contribution in [0, 0.1) is 5.41 Å². The van der Waals surface area contributed by atoms with Gasteiger partial charge in [0.05, 0.1) is 8.80 Å². The molecule has 1 aliphatic carbocycles. The second kappa shape index (κ2) is 4.39. The zero-order valence-corrected chi connectivity index (χ0v) is 14.1. The van der Waals surface area contributed by atoms with Gasteiger partial charge < -0.3 is 4.43 Å². The summed E-state index contributed by atoms with van der Waals surface area (Å²) in [5.74, 6) is 0. The summed E-state index contributed by atoms with van der Waals surface area (Å²) in [7, 11) is -0.0138. The molecule has 1 rings (SSSR count). The molecule has 0 fully saturated rings. The van der Waals surface area contributed by atoms with E-state index >= 15 is 0 Å². The Kier molecular flexibility index (Phi) is 3.79. The van der Waals surface area contributed by atoms with Crippen LogP contribution in [0.1, 0.15) is 27.2 Å². The molecule has 1 nitrogen and oxygen atoms in total. The molecule has 0 aromatic carbocycles. The van der Waals surface area contributed by atoms with Gasteiger partial charge in [-0.05, 0) is 18.9 Å². The van der Waals surface area contributed by atoms with E-state index in [1.807, 2.05) is 0 Å². The molecule has 0 N–H and O–H groups in total. The van der Waals surface area contributed by atoms with E-state index in [0.29, 0.717) is 0 Å². The Balaban J connectivity index is 3.06. The molecule has 0 saturated carbocycles. The second-order valence-corrected chi connectivity index (χ2v) is 9.21. The SMILES string of the molecule is C[SiH](C)C(C)(O[SiH3])C(C)(C)C1=CCC=C1. The normalized spacial score (nSPS) is 20.8. The van der Waals surface area contributed by atoms with Crippen LogP contribution in [0.5, 0.6) is 0 Å². The van der Waals surface area contributed by atoms with Crippen molar-refractivity contribution in [2.45, 2.75) is 45.5 Å². The summed E-state index contributed by atoms with van der Waals surface area (Å²) in [6.07, 6.45) is 7.95. The summed E-state index contributed by atoms with van der Waals surface area (Å²) in [6, 6.07) is 0. The summed E-state index contributed by atoms with van der Waals surface area (Å²) in [5, 5.41) is 0.0831. The van der Waals surface area contributed by atoms with Crippen LogP contribution in [0.15, 0.2) is 23.8 Å². The maximum absolute atomic E-state index is 6.00. The number of rotatable bonds is 4. The first-order chi connectivity index (χ1) is 6.86. The van der Waals surface area contributed by atoms with E-state index < -0.39 is 8.80 Å². The van der Waals surface area contributed by atoms with Crippen LogP contribution in [-0.2, 0) is 4.43 Å². The minimum absolute atomic E-state index is 0.0831. The number of hydrogen-bond donors (Lipinski definition) is 0. The van der Waals surface area contributed by atoms with Crippen molar-refractivity contribution >= 4 is 19.3 Å². The van der Waals surface area contributed by atoms with Crippen LogP contribution in [0.4, 0.5) is 0 Å². The fraction of sp³-hybridized carbons (Fsp3) is 0.667. The van der Waals surface area contributed by atoms with Crippen molar-refractivity contribution < 1.29 is 4.43 Å². The molecule has 1 unspecified atom stereocenters. The average Bonchev–Trinajstić information content (AvgIpc) is 2.68. The van der Waals surface area contributed by atoms with Crippen LogP contribution in [0.3, 0.4) is 0 Å². The van der Waals surface area contributed by atoms with E-state index in [1.54, 1.807) is 0 Å². The average molecular weight is 240 g/mol. The third-order valence-corrected chi connectivity index (χ3v) is 8.74. The topological polar surface area (TPSA) is 9.23 Å². The fourth-order valence-electron chi connectivity index (χ4n) is 2.42. The molecular weight excluding hydrogens is 216 g/mol. The Labute approximate surface area is 98.8 Å². The van der Waals surface area contributed by atoms with Crippen LogP contribution in [0.25, 0.3) is 0 Å². The fourth-order valence-corrected chi connectivity index (χ4v) is 6.43. The summed E-state index contributed by atoms with van der Waals surface area (Å²) in [5.41, 5.74) is 1.62. The first-order valence-electron chi connectivity index (χ1n) is 5.78. The molecular formula is C12H24OSi2. The van der Waals surface area contributed by atoms with E-state index in [-0.39, 0.29) is 10.6 Å². The molecule has 0 radical (unpaired) electrons. The van der Waals surface area contributed by atoms with Gasteiger partial charge in [0.2, 0.25) is 0 Å². The van der Waals surface area contributed by atoms with E-state index in [2.05, 4.69) is 52.1 Å². The standard InChI is InChI=1S/C12H24OSi2/c1-11(2,10-8-6-7-9-10)12(3,13-14)15(4)5/h6,8-9,15H,7H2,1-5,14H3. The van der Waals surface area contributed by atoms with Crippen molar-refractivity contribution in [3.63, 3.8) is 0 Å². The number of hydrogen-bond acceptors (Lipinski definition) is 1. The van der Waals surface area contributed by atoms with Gasteiger partial charge in [0.15, 0.2) is 0 Å². The Morgan fingerprint density at radius 1 is 1.33 bits per heavy atom. The Hall–Kier alpha value is -0.126. The molecule has 0 heterocycles. The Bertz CT molecular complexity index is 292. The van der Waals surface area contributed by atoms with Gasteiger partial charge in [-0.25, -0.2) is 0 Å². The molecule has 1 atom stereocenters. The summed E-state index contributed by atoms with van der Waals surface area (Å²) < 4.78 is 6.00. The second-order valence-electron chi connectivity index (χ2n) is 5.39. The summed E-state index contributed by atoms with van der Waals surface area (Å²) in [6.45, 7) is 11.8. The third kappa shape index (κ3) is 2.05. The lowest BCUT2D eigenvalue weighted by molar-refractivity contribution is 0.0780. The molecule has 0 aromatic rings. The first kappa shape index (κ1) is 12.9. The van der Waals surface area contributed by atoms with Gasteiger partial charge in [0.1, 0.15) is 10.5 Å². The zero-order valence-electron chi connectivity index (χ0n) is 10.9. The van der Waals surface area contributed by atoms with Crippen molar-refractivity contribution in [1.82, 2.24) is 0 Å². The van der Waals surface area contributed by atoms with Crippen molar-refractivity contribution in [3.8, 4) is 0 Å². The first-order valence-corrected chi connectivity index (χ1v) is 9.49. The summed E-state index contributed by atoms with van der Waals surface area (Å²) >= 11 is 0. The van der Waals surface area contributed by atoms with Crippen LogP contribution < -0.4 is 0 Å². The predicted octanol–water partition coefficient (Wildman–Crippen LogP) is 1.98. The van der Waals surface area contributed by atoms with Crippen molar-refractivity contribution in [1.29, 1.82) is 0 Å². The van der Waals surface area contributed by atoms with E-state index in [4.69, 9.17) is 4.43 Å². The Morgan fingerprint density at radius 3 is 2.27 bits per heavy atom. The molecule has 0 aromatic heterocycles. The molecule has 1 aliphatic rings.